The summed E-state index contributed by atoms with van der Waals surface area (Å²) in [4.78, 5) is 21.9. The number of hydrogen-bond donors (Lipinski definition) is 2. The van der Waals surface area contributed by atoms with Gasteiger partial charge < -0.3 is 5.11 Å². The Hall–Kier alpha value is -2.39. The van der Waals surface area contributed by atoms with Crippen LogP contribution < -0.4 is 5.43 Å². The molecule has 0 aliphatic carbocycles. The predicted molar refractivity (Wildman–Crippen MR) is 101 cm³/mol. The molecule has 2 aromatic rings. The van der Waals surface area contributed by atoms with E-state index in [1.54, 1.807) is 0 Å². The van der Waals surface area contributed by atoms with Gasteiger partial charge in [0.1, 0.15) is 5.75 Å². The second-order valence-corrected chi connectivity index (χ2v) is 6.72. The van der Waals surface area contributed by atoms with E-state index >= 15 is 0 Å². The number of nitro groups is 1. The first-order chi connectivity index (χ1) is 12.0. The van der Waals surface area contributed by atoms with Crippen molar-refractivity contribution in [3.8, 4) is 5.75 Å². The number of rotatable bonds is 7. The monoisotopic (exact) mass is 423 g/mol. The van der Waals surface area contributed by atoms with E-state index in [4.69, 9.17) is 0 Å². The molecule has 0 atom stereocenters. The van der Waals surface area contributed by atoms with Gasteiger partial charge in [-0.3, -0.25) is 14.9 Å². The summed E-state index contributed by atoms with van der Waals surface area (Å²) < 4.78 is 0.988. The number of nitrogens with zero attached hydrogens (tertiary/aromatic N) is 2. The molecule has 1 amide bonds. The summed E-state index contributed by atoms with van der Waals surface area (Å²) in [5.74, 6) is 0.411. The van der Waals surface area contributed by atoms with Crippen molar-refractivity contribution in [1.29, 1.82) is 0 Å². The quantitative estimate of drug-likeness (QED) is 0.403. The van der Waals surface area contributed by atoms with Crippen molar-refractivity contribution in [2.24, 2.45) is 5.10 Å². The second-order valence-electron chi connectivity index (χ2n) is 4.88. The minimum absolute atomic E-state index is 0.148. The van der Waals surface area contributed by atoms with Crippen molar-refractivity contribution in [3.63, 3.8) is 0 Å². The van der Waals surface area contributed by atoms with Crippen LogP contribution in [0.3, 0.4) is 0 Å². The lowest BCUT2D eigenvalue weighted by Gasteiger charge is -2.03. The van der Waals surface area contributed by atoms with E-state index in [-0.39, 0.29) is 28.7 Å². The fourth-order valence-corrected chi connectivity index (χ4v) is 3.27. The molecule has 25 heavy (non-hydrogen) atoms. The van der Waals surface area contributed by atoms with Crippen molar-refractivity contribution in [2.75, 3.05) is 5.75 Å². The van der Waals surface area contributed by atoms with Gasteiger partial charge in [0.2, 0.25) is 5.91 Å². The van der Waals surface area contributed by atoms with Gasteiger partial charge in [-0.05, 0) is 17.7 Å². The molecule has 0 unspecified atom stereocenters. The predicted octanol–water partition coefficient (Wildman–Crippen LogP) is 3.45. The molecular formula is C16H14BrN3O4S. The van der Waals surface area contributed by atoms with Crippen LogP contribution in [0.25, 0.3) is 0 Å². The van der Waals surface area contributed by atoms with Gasteiger partial charge in [0.15, 0.2) is 0 Å². The van der Waals surface area contributed by atoms with Crippen LogP contribution in [0.1, 0.15) is 11.1 Å². The van der Waals surface area contributed by atoms with Crippen LogP contribution >= 0.6 is 27.7 Å². The van der Waals surface area contributed by atoms with Gasteiger partial charge in [0.05, 0.1) is 16.9 Å². The Kier molecular flexibility index (Phi) is 6.96. The first kappa shape index (κ1) is 18.9. The Labute approximate surface area is 156 Å². The molecule has 0 radical (unpaired) electrons. The molecule has 0 saturated heterocycles. The third-order valence-corrected chi connectivity index (χ3v) is 4.82. The first-order valence-electron chi connectivity index (χ1n) is 7.08. The number of carbonyl (C=O) groups is 1. The lowest BCUT2D eigenvalue weighted by atomic mass is 10.2. The van der Waals surface area contributed by atoms with Crippen molar-refractivity contribution in [1.82, 2.24) is 5.43 Å². The molecule has 0 fully saturated rings. The number of nitro benzene ring substituents is 1. The van der Waals surface area contributed by atoms with Crippen LogP contribution in [0.2, 0.25) is 0 Å². The van der Waals surface area contributed by atoms with E-state index in [1.807, 2.05) is 24.3 Å². The summed E-state index contributed by atoms with van der Waals surface area (Å²) in [6.45, 7) is 0. The Morgan fingerprint density at radius 3 is 2.84 bits per heavy atom. The van der Waals surface area contributed by atoms with Crippen LogP contribution in [0.15, 0.2) is 52.0 Å². The molecule has 0 spiro atoms. The molecule has 0 saturated carbocycles. The van der Waals surface area contributed by atoms with Crippen molar-refractivity contribution < 1.29 is 14.8 Å². The highest BCUT2D eigenvalue weighted by Crippen LogP contribution is 2.22. The summed E-state index contributed by atoms with van der Waals surface area (Å²) in [7, 11) is 0. The standard InChI is InChI=1S/C16H14BrN3O4S/c17-14-4-2-1-3-11(14)9-25-10-16(22)19-18-8-12-7-13(20(23)24)5-6-15(12)21/h1-8,21H,9-10H2,(H,19,22). The minimum Gasteiger partial charge on any atom is -0.507 e. The van der Waals surface area contributed by atoms with E-state index in [2.05, 4.69) is 26.5 Å². The number of halogens is 1. The lowest BCUT2D eigenvalue weighted by molar-refractivity contribution is -0.384. The topological polar surface area (TPSA) is 105 Å². The van der Waals surface area contributed by atoms with Gasteiger partial charge in [-0.15, -0.1) is 11.8 Å². The van der Waals surface area contributed by atoms with E-state index < -0.39 is 4.92 Å². The summed E-state index contributed by atoms with van der Waals surface area (Å²) in [5, 5.41) is 24.1. The van der Waals surface area contributed by atoms with Crippen LogP contribution in [0, 0.1) is 10.1 Å². The normalized spacial score (nSPS) is 10.8. The smallest absolute Gasteiger partial charge is 0.270 e. The largest absolute Gasteiger partial charge is 0.507 e. The van der Waals surface area contributed by atoms with Crippen molar-refractivity contribution >= 4 is 45.5 Å². The van der Waals surface area contributed by atoms with E-state index in [1.165, 1.54) is 36.2 Å². The molecule has 2 rings (SSSR count). The van der Waals surface area contributed by atoms with Crippen molar-refractivity contribution in [3.05, 3.63) is 68.2 Å². The zero-order chi connectivity index (χ0) is 18.2. The summed E-state index contributed by atoms with van der Waals surface area (Å²) in [6.07, 6.45) is 1.17. The average molecular weight is 424 g/mol. The molecule has 0 bridgehead atoms. The van der Waals surface area contributed by atoms with Crippen molar-refractivity contribution in [2.45, 2.75) is 5.75 Å². The maximum absolute atomic E-state index is 11.7. The SMILES string of the molecule is O=C(CSCc1ccccc1Br)NN=Cc1cc([N+](=O)[O-])ccc1O. The minimum atomic E-state index is -0.576. The number of carbonyl (C=O) groups excluding carboxylic acids is 1. The molecule has 0 heterocycles. The first-order valence-corrected chi connectivity index (χ1v) is 9.02. The number of nitrogens with one attached hydrogen (secondary N) is 1. The van der Waals surface area contributed by atoms with E-state index in [0.29, 0.717) is 5.75 Å². The second kappa shape index (κ2) is 9.19. The zero-order valence-electron chi connectivity index (χ0n) is 12.9. The fourth-order valence-electron chi connectivity index (χ4n) is 1.83. The average Bonchev–Trinajstić information content (AvgIpc) is 2.58. The molecule has 0 aliphatic heterocycles. The Balaban J connectivity index is 1.83. The van der Waals surface area contributed by atoms with Crippen LogP contribution in [0.5, 0.6) is 5.75 Å². The Morgan fingerprint density at radius 2 is 2.12 bits per heavy atom. The summed E-state index contributed by atoms with van der Waals surface area (Å²) in [6, 6.07) is 11.3. The summed E-state index contributed by atoms with van der Waals surface area (Å²) >= 11 is 4.87. The molecule has 0 aromatic heterocycles. The number of phenols is 1. The van der Waals surface area contributed by atoms with Gasteiger partial charge >= 0.3 is 0 Å². The number of aromatic hydroxyl groups is 1. The molecule has 130 valence electrons. The van der Waals surface area contributed by atoms with Crippen LogP contribution in [-0.2, 0) is 10.5 Å². The number of hydrogen-bond acceptors (Lipinski definition) is 6. The van der Waals surface area contributed by atoms with Gasteiger partial charge in [-0.2, -0.15) is 5.10 Å². The Morgan fingerprint density at radius 1 is 1.36 bits per heavy atom. The number of hydrazone groups is 1. The molecule has 2 N–H and O–H groups in total. The molecule has 0 aliphatic rings. The molecule has 9 heteroatoms. The fraction of sp³-hybridized carbons (Fsp3) is 0.125. The highest BCUT2D eigenvalue weighted by Gasteiger charge is 2.09. The maximum Gasteiger partial charge on any atom is 0.270 e. The zero-order valence-corrected chi connectivity index (χ0v) is 15.3. The van der Waals surface area contributed by atoms with E-state index in [0.717, 1.165) is 10.0 Å². The van der Waals surface area contributed by atoms with Gasteiger partial charge in [-0.25, -0.2) is 5.43 Å². The lowest BCUT2D eigenvalue weighted by Crippen LogP contribution is -2.19. The van der Waals surface area contributed by atoms with Crippen LogP contribution in [-0.4, -0.2) is 27.9 Å². The molecular weight excluding hydrogens is 410 g/mol. The third-order valence-electron chi connectivity index (χ3n) is 3.06. The van der Waals surface area contributed by atoms with Crippen LogP contribution in [0.4, 0.5) is 5.69 Å². The number of thioether (sulfide) groups is 1. The highest BCUT2D eigenvalue weighted by molar-refractivity contribution is 9.10. The van der Waals surface area contributed by atoms with Gasteiger partial charge in [-0.1, -0.05) is 34.1 Å². The van der Waals surface area contributed by atoms with Gasteiger partial charge in [0, 0.05) is 27.9 Å². The highest BCUT2D eigenvalue weighted by atomic mass is 79.9. The Bertz CT molecular complexity index is 814. The number of non-ortho nitro benzene ring substituents is 1. The number of phenolic OH excluding ortho intramolecular Hbond substituents is 1. The molecule has 2 aromatic carbocycles. The number of amides is 1. The maximum atomic E-state index is 11.7. The van der Waals surface area contributed by atoms with E-state index in [9.17, 15) is 20.0 Å². The number of benzene rings is 2. The molecule has 7 nitrogen and oxygen atoms in total. The van der Waals surface area contributed by atoms with Gasteiger partial charge in [0.25, 0.3) is 5.69 Å². The summed E-state index contributed by atoms with van der Waals surface area (Å²) in [5.41, 5.74) is 3.39. The third kappa shape index (κ3) is 5.87.